The van der Waals surface area contributed by atoms with Gasteiger partial charge in [-0.3, -0.25) is 4.79 Å². The molecule has 31 heavy (non-hydrogen) atoms. The molecule has 1 amide bonds. The standard InChI is InChI=1S/C20H16ClF3N4O3/c21-7-5-16(30)27-9-13(10-27)18-17-12(11-29)6-8-25-19(17)28(26-18)14-1-3-15(4-2-14)31-20(22,23)24/h1-8,13,29H,9-11H2/b7-5+. The zero-order valence-electron chi connectivity index (χ0n) is 15.9. The molecule has 1 N–H and O–H groups in total. The van der Waals surface area contributed by atoms with E-state index in [4.69, 9.17) is 11.6 Å². The molecule has 0 unspecified atom stereocenters. The van der Waals surface area contributed by atoms with Crippen LogP contribution in [0.15, 0.2) is 48.1 Å². The van der Waals surface area contributed by atoms with Gasteiger partial charge in [-0.2, -0.15) is 5.10 Å². The van der Waals surface area contributed by atoms with Crippen LogP contribution >= 0.6 is 11.6 Å². The minimum absolute atomic E-state index is 0.0845. The number of hydrogen-bond donors (Lipinski definition) is 1. The van der Waals surface area contributed by atoms with Crippen LogP contribution in [0.2, 0.25) is 0 Å². The van der Waals surface area contributed by atoms with Crippen molar-refractivity contribution in [3.05, 3.63) is 59.4 Å². The van der Waals surface area contributed by atoms with Crippen molar-refractivity contribution in [1.82, 2.24) is 19.7 Å². The number of aromatic nitrogens is 3. The van der Waals surface area contributed by atoms with Crippen molar-refractivity contribution in [2.45, 2.75) is 18.9 Å². The van der Waals surface area contributed by atoms with Gasteiger partial charge in [-0.25, -0.2) is 9.67 Å². The van der Waals surface area contributed by atoms with E-state index in [1.807, 2.05) is 0 Å². The lowest BCUT2D eigenvalue weighted by Crippen LogP contribution is -2.48. The van der Waals surface area contributed by atoms with E-state index in [1.54, 1.807) is 11.0 Å². The van der Waals surface area contributed by atoms with E-state index in [1.165, 1.54) is 41.2 Å². The minimum atomic E-state index is -4.78. The van der Waals surface area contributed by atoms with E-state index >= 15 is 0 Å². The summed E-state index contributed by atoms with van der Waals surface area (Å²) >= 11 is 5.46. The summed E-state index contributed by atoms with van der Waals surface area (Å²) in [6.45, 7) is 0.606. The predicted octanol–water partition coefficient (Wildman–Crippen LogP) is 3.49. The lowest BCUT2D eigenvalue weighted by Gasteiger charge is -2.37. The van der Waals surface area contributed by atoms with Gasteiger partial charge in [0.05, 0.1) is 18.0 Å². The number of halogens is 4. The molecular formula is C20H16ClF3N4O3. The molecule has 1 fully saturated rings. The van der Waals surface area contributed by atoms with Gasteiger partial charge in [-0.1, -0.05) is 11.6 Å². The summed E-state index contributed by atoms with van der Waals surface area (Å²) in [4.78, 5) is 17.9. The third kappa shape index (κ3) is 4.21. The van der Waals surface area contributed by atoms with Crippen LogP contribution in [-0.2, 0) is 11.4 Å². The summed E-state index contributed by atoms with van der Waals surface area (Å²) in [6, 6.07) is 6.93. The Morgan fingerprint density at radius 1 is 1.26 bits per heavy atom. The molecule has 1 aromatic carbocycles. The molecule has 162 valence electrons. The SMILES string of the molecule is O=C(/C=C/Cl)N1CC(c2nn(-c3ccc(OC(F)(F)F)cc3)c3nccc(CO)c23)C1. The van der Waals surface area contributed by atoms with E-state index in [0.717, 1.165) is 5.54 Å². The van der Waals surface area contributed by atoms with Crippen LogP contribution in [0.5, 0.6) is 5.75 Å². The van der Waals surface area contributed by atoms with Crippen LogP contribution in [0.1, 0.15) is 17.2 Å². The largest absolute Gasteiger partial charge is 0.573 e. The Morgan fingerprint density at radius 2 is 1.97 bits per heavy atom. The number of ether oxygens (including phenoxy) is 1. The fourth-order valence-electron chi connectivity index (χ4n) is 3.51. The van der Waals surface area contributed by atoms with Gasteiger partial charge in [-0.05, 0) is 35.9 Å². The van der Waals surface area contributed by atoms with Crippen molar-refractivity contribution in [1.29, 1.82) is 0 Å². The average Bonchev–Trinajstić information content (AvgIpc) is 3.06. The fourth-order valence-corrected chi connectivity index (χ4v) is 3.62. The highest BCUT2D eigenvalue weighted by atomic mass is 35.5. The van der Waals surface area contributed by atoms with Crippen molar-refractivity contribution in [2.75, 3.05) is 13.1 Å². The summed E-state index contributed by atoms with van der Waals surface area (Å²) in [5.74, 6) is -0.646. The number of amides is 1. The van der Waals surface area contributed by atoms with Crippen molar-refractivity contribution in [3.63, 3.8) is 0 Å². The molecule has 1 aliphatic rings. The van der Waals surface area contributed by atoms with Crippen molar-refractivity contribution < 1.29 is 27.8 Å². The van der Waals surface area contributed by atoms with Crippen LogP contribution in [0, 0.1) is 0 Å². The number of hydrogen-bond acceptors (Lipinski definition) is 5. The van der Waals surface area contributed by atoms with Crippen molar-refractivity contribution in [3.8, 4) is 11.4 Å². The summed E-state index contributed by atoms with van der Waals surface area (Å²) in [5.41, 5.74) is 3.36. The first-order valence-electron chi connectivity index (χ1n) is 9.20. The number of rotatable bonds is 5. The number of pyridine rings is 1. The molecule has 1 saturated heterocycles. The number of carbonyl (C=O) groups excluding carboxylic acids is 1. The molecule has 3 heterocycles. The van der Waals surface area contributed by atoms with Crippen molar-refractivity contribution >= 4 is 28.5 Å². The quantitative estimate of drug-likeness (QED) is 0.599. The maximum absolute atomic E-state index is 12.4. The van der Waals surface area contributed by atoms with Gasteiger partial charge in [0.1, 0.15) is 5.75 Å². The minimum Gasteiger partial charge on any atom is -0.406 e. The maximum atomic E-state index is 12.4. The number of nitrogens with zero attached hydrogens (tertiary/aromatic N) is 4. The summed E-state index contributed by atoms with van der Waals surface area (Å²) in [6.07, 6.45) is -1.99. The van der Waals surface area contributed by atoms with Crippen LogP contribution in [0.4, 0.5) is 13.2 Å². The molecule has 2 aromatic heterocycles. The summed E-state index contributed by atoms with van der Waals surface area (Å²) in [7, 11) is 0. The van der Waals surface area contributed by atoms with Gasteiger partial charge in [0.25, 0.3) is 0 Å². The molecule has 0 saturated carbocycles. The van der Waals surface area contributed by atoms with Gasteiger partial charge in [0.15, 0.2) is 5.65 Å². The zero-order valence-corrected chi connectivity index (χ0v) is 16.6. The number of likely N-dealkylation sites (tertiary alicyclic amines) is 1. The number of carbonyl (C=O) groups is 1. The molecule has 0 radical (unpaired) electrons. The Hall–Kier alpha value is -3.11. The Labute approximate surface area is 179 Å². The Balaban J connectivity index is 1.70. The second-order valence-electron chi connectivity index (χ2n) is 6.90. The average molecular weight is 453 g/mol. The Bertz CT molecular complexity index is 1140. The topological polar surface area (TPSA) is 80.5 Å². The first-order chi connectivity index (χ1) is 14.8. The first-order valence-corrected chi connectivity index (χ1v) is 9.63. The summed E-state index contributed by atoms with van der Waals surface area (Å²) in [5, 5.41) is 15.1. The van der Waals surface area contributed by atoms with Crippen LogP contribution < -0.4 is 4.74 Å². The highest BCUT2D eigenvalue weighted by molar-refractivity contribution is 6.26. The normalized spacial score (nSPS) is 14.9. The monoisotopic (exact) mass is 452 g/mol. The number of alkyl halides is 3. The van der Waals surface area contributed by atoms with Gasteiger partial charge in [0.2, 0.25) is 5.91 Å². The Kier molecular flexibility index (Phi) is 5.59. The van der Waals surface area contributed by atoms with Gasteiger partial charge in [-0.15, -0.1) is 13.2 Å². The second kappa shape index (κ2) is 8.20. The van der Waals surface area contributed by atoms with E-state index in [-0.39, 0.29) is 24.2 Å². The van der Waals surface area contributed by atoms with Crippen LogP contribution in [0.3, 0.4) is 0 Å². The zero-order chi connectivity index (χ0) is 22.2. The highest BCUT2D eigenvalue weighted by Gasteiger charge is 2.35. The van der Waals surface area contributed by atoms with Crippen LogP contribution in [-0.4, -0.2) is 50.1 Å². The van der Waals surface area contributed by atoms with Gasteiger partial charge in [0, 0.05) is 42.2 Å². The second-order valence-corrected chi connectivity index (χ2v) is 7.15. The number of aliphatic hydroxyl groups excluding tert-OH is 1. The molecule has 0 aliphatic carbocycles. The third-order valence-corrected chi connectivity index (χ3v) is 5.08. The molecule has 11 heteroatoms. The predicted molar refractivity (Wildman–Crippen MR) is 106 cm³/mol. The van der Waals surface area contributed by atoms with Crippen LogP contribution in [0.25, 0.3) is 16.7 Å². The number of aliphatic hydroxyl groups is 1. The maximum Gasteiger partial charge on any atom is 0.573 e. The highest BCUT2D eigenvalue weighted by Crippen LogP contribution is 2.34. The molecule has 0 atom stereocenters. The fraction of sp³-hybridized carbons (Fsp3) is 0.250. The molecule has 7 nitrogen and oxygen atoms in total. The molecule has 4 rings (SSSR count). The lowest BCUT2D eigenvalue weighted by atomic mass is 9.93. The first kappa shape index (κ1) is 21.1. The number of fused-ring (bicyclic) bond motifs is 1. The van der Waals surface area contributed by atoms with Gasteiger partial charge < -0.3 is 14.7 Å². The Morgan fingerprint density at radius 3 is 2.58 bits per heavy atom. The summed E-state index contributed by atoms with van der Waals surface area (Å²) < 4.78 is 42.7. The molecule has 0 bridgehead atoms. The number of benzene rings is 1. The lowest BCUT2D eigenvalue weighted by molar-refractivity contribution is -0.274. The van der Waals surface area contributed by atoms with E-state index in [0.29, 0.717) is 41.1 Å². The third-order valence-electron chi connectivity index (χ3n) is 4.95. The molecule has 1 aliphatic heterocycles. The molecule has 3 aromatic rings. The van der Waals surface area contributed by atoms with E-state index < -0.39 is 6.36 Å². The molecule has 0 spiro atoms. The smallest absolute Gasteiger partial charge is 0.406 e. The molecular weight excluding hydrogens is 437 g/mol. The van der Waals surface area contributed by atoms with Crippen molar-refractivity contribution in [2.24, 2.45) is 0 Å². The van der Waals surface area contributed by atoms with E-state index in [9.17, 15) is 23.1 Å². The van der Waals surface area contributed by atoms with E-state index in [2.05, 4.69) is 14.8 Å². The van der Waals surface area contributed by atoms with Gasteiger partial charge >= 0.3 is 6.36 Å².